The van der Waals surface area contributed by atoms with Gasteiger partial charge in [-0.05, 0) is 60.7 Å². The van der Waals surface area contributed by atoms with Gasteiger partial charge in [-0.25, -0.2) is 8.42 Å². The average Bonchev–Trinajstić information content (AvgIpc) is 3.25. The minimum atomic E-state index is -3.65. The molecular formula is C21H21N3O4S2. The quantitative estimate of drug-likeness (QED) is 0.519. The molecule has 0 radical (unpaired) electrons. The number of anilines is 2. The molecule has 9 heteroatoms. The van der Waals surface area contributed by atoms with Gasteiger partial charge in [0.25, 0.3) is 15.9 Å². The molecule has 0 fully saturated rings. The van der Waals surface area contributed by atoms with Crippen molar-refractivity contribution in [2.75, 3.05) is 16.6 Å². The first-order chi connectivity index (χ1) is 14.3. The fourth-order valence-electron chi connectivity index (χ4n) is 2.77. The molecule has 156 valence electrons. The number of amides is 2. The Labute approximate surface area is 179 Å². The van der Waals surface area contributed by atoms with Crippen molar-refractivity contribution >= 4 is 44.5 Å². The summed E-state index contributed by atoms with van der Waals surface area (Å²) in [7, 11) is -3.65. The third kappa shape index (κ3) is 5.25. The number of nitrogens with one attached hydrogen (secondary N) is 3. The van der Waals surface area contributed by atoms with Crippen molar-refractivity contribution in [3.05, 3.63) is 76.7 Å². The molecule has 7 nitrogen and oxygen atoms in total. The van der Waals surface area contributed by atoms with Crippen molar-refractivity contribution in [2.45, 2.75) is 18.1 Å². The van der Waals surface area contributed by atoms with E-state index >= 15 is 0 Å². The number of carbonyl (C=O) groups excluding carboxylic acids is 2. The lowest BCUT2D eigenvalue weighted by Crippen LogP contribution is -2.33. The molecule has 0 aliphatic carbocycles. The van der Waals surface area contributed by atoms with Crippen LogP contribution in [0.15, 0.2) is 64.2 Å². The van der Waals surface area contributed by atoms with Gasteiger partial charge in [-0.15, -0.1) is 11.3 Å². The van der Waals surface area contributed by atoms with Gasteiger partial charge in [0.05, 0.1) is 6.54 Å². The van der Waals surface area contributed by atoms with Gasteiger partial charge in [-0.2, -0.15) is 0 Å². The van der Waals surface area contributed by atoms with Crippen LogP contribution in [0.5, 0.6) is 0 Å². The van der Waals surface area contributed by atoms with Crippen molar-refractivity contribution < 1.29 is 18.0 Å². The van der Waals surface area contributed by atoms with Crippen LogP contribution < -0.4 is 15.4 Å². The van der Waals surface area contributed by atoms with E-state index in [0.29, 0.717) is 11.3 Å². The van der Waals surface area contributed by atoms with E-state index in [9.17, 15) is 18.0 Å². The summed E-state index contributed by atoms with van der Waals surface area (Å²) in [5.41, 5.74) is 3.27. The number of aryl methyl sites for hydroxylation is 2. The van der Waals surface area contributed by atoms with Crippen molar-refractivity contribution in [1.29, 1.82) is 0 Å². The molecule has 1 heterocycles. The Morgan fingerprint density at radius 1 is 0.933 bits per heavy atom. The zero-order valence-corrected chi connectivity index (χ0v) is 18.1. The lowest BCUT2D eigenvalue weighted by atomic mass is 10.1. The number of sulfonamides is 1. The summed E-state index contributed by atoms with van der Waals surface area (Å²) in [5, 5.41) is 7.04. The highest BCUT2D eigenvalue weighted by Gasteiger charge is 2.16. The van der Waals surface area contributed by atoms with E-state index in [-0.39, 0.29) is 16.7 Å². The van der Waals surface area contributed by atoms with E-state index in [2.05, 4.69) is 15.4 Å². The second-order valence-corrected chi connectivity index (χ2v) is 9.47. The fraction of sp³-hybridized carbons (Fsp3) is 0.143. The van der Waals surface area contributed by atoms with Crippen LogP contribution in [0.2, 0.25) is 0 Å². The summed E-state index contributed by atoms with van der Waals surface area (Å²) in [4.78, 5) is 24.5. The first kappa shape index (κ1) is 21.5. The van der Waals surface area contributed by atoms with E-state index in [1.807, 2.05) is 32.0 Å². The van der Waals surface area contributed by atoms with Gasteiger partial charge < -0.3 is 10.6 Å². The van der Waals surface area contributed by atoms with Crippen molar-refractivity contribution in [1.82, 2.24) is 5.32 Å². The predicted octanol–water partition coefficient (Wildman–Crippen LogP) is 3.53. The molecule has 30 heavy (non-hydrogen) atoms. The molecule has 3 rings (SSSR count). The zero-order chi connectivity index (χ0) is 21.7. The molecule has 3 aromatic rings. The van der Waals surface area contributed by atoms with Crippen LogP contribution >= 0.6 is 11.3 Å². The van der Waals surface area contributed by atoms with E-state index < -0.39 is 15.9 Å². The summed E-state index contributed by atoms with van der Waals surface area (Å²) in [6.45, 7) is 3.62. The van der Waals surface area contributed by atoms with Gasteiger partial charge in [0.15, 0.2) is 0 Å². The first-order valence-electron chi connectivity index (χ1n) is 9.07. The highest BCUT2D eigenvalue weighted by Crippen LogP contribution is 2.21. The van der Waals surface area contributed by atoms with Crippen LogP contribution in [0.4, 0.5) is 11.4 Å². The molecule has 1 aromatic heterocycles. The van der Waals surface area contributed by atoms with E-state index in [0.717, 1.165) is 28.2 Å². The third-order valence-electron chi connectivity index (χ3n) is 4.31. The van der Waals surface area contributed by atoms with Crippen LogP contribution in [0.25, 0.3) is 0 Å². The Morgan fingerprint density at radius 2 is 1.60 bits per heavy atom. The number of rotatable bonds is 7. The van der Waals surface area contributed by atoms with Gasteiger partial charge in [0.2, 0.25) is 5.91 Å². The third-order valence-corrected chi connectivity index (χ3v) is 7.09. The topological polar surface area (TPSA) is 104 Å². The largest absolute Gasteiger partial charge is 0.343 e. The minimum absolute atomic E-state index is 0.181. The van der Waals surface area contributed by atoms with Crippen LogP contribution in [-0.2, 0) is 14.8 Å². The molecule has 2 aromatic carbocycles. The van der Waals surface area contributed by atoms with Crippen LogP contribution in [-0.4, -0.2) is 26.8 Å². The molecule has 0 saturated heterocycles. The first-order valence-corrected chi connectivity index (χ1v) is 11.4. The lowest BCUT2D eigenvalue weighted by molar-refractivity contribution is -0.115. The monoisotopic (exact) mass is 443 g/mol. The van der Waals surface area contributed by atoms with Gasteiger partial charge in [0, 0.05) is 16.9 Å². The van der Waals surface area contributed by atoms with E-state index in [4.69, 9.17) is 0 Å². The van der Waals surface area contributed by atoms with Gasteiger partial charge >= 0.3 is 0 Å². The van der Waals surface area contributed by atoms with Crippen LogP contribution in [0.3, 0.4) is 0 Å². The molecule has 3 N–H and O–H groups in total. The zero-order valence-electron chi connectivity index (χ0n) is 16.4. The van der Waals surface area contributed by atoms with Crippen molar-refractivity contribution in [3.63, 3.8) is 0 Å². The van der Waals surface area contributed by atoms with E-state index in [1.165, 1.54) is 30.3 Å². The fourth-order valence-corrected chi connectivity index (χ4v) is 4.82. The molecule has 0 aliphatic rings. The normalized spacial score (nSPS) is 11.0. The smallest absolute Gasteiger partial charge is 0.271 e. The summed E-state index contributed by atoms with van der Waals surface area (Å²) >= 11 is 1.12. The van der Waals surface area contributed by atoms with E-state index in [1.54, 1.807) is 11.4 Å². The lowest BCUT2D eigenvalue weighted by Gasteiger charge is -2.12. The second-order valence-electron chi connectivity index (χ2n) is 6.61. The number of hydrogen-bond acceptors (Lipinski definition) is 5. The Balaban J connectivity index is 1.56. The number of thiophene rings is 1. The highest BCUT2D eigenvalue weighted by atomic mass is 32.2. The minimum Gasteiger partial charge on any atom is -0.343 e. The molecule has 2 amide bonds. The molecule has 0 spiro atoms. The highest BCUT2D eigenvalue weighted by molar-refractivity contribution is 7.94. The number of carbonyl (C=O) groups is 2. The van der Waals surface area contributed by atoms with Crippen LogP contribution in [0, 0.1) is 13.8 Å². The number of para-hydroxylation sites is 1. The van der Waals surface area contributed by atoms with Crippen molar-refractivity contribution in [2.24, 2.45) is 0 Å². The molecular weight excluding hydrogens is 422 g/mol. The summed E-state index contributed by atoms with van der Waals surface area (Å²) < 4.78 is 27.1. The van der Waals surface area contributed by atoms with Gasteiger partial charge in [-0.1, -0.05) is 24.3 Å². The SMILES string of the molecule is Cc1cccc(C)c1NC(=O)CNC(=O)c1ccc(NS(=O)(=O)c2cccs2)cc1. The standard InChI is InChI=1S/C21H21N3O4S2/c1-14-5-3-6-15(2)20(14)23-18(25)13-22-21(26)16-8-10-17(11-9-16)24-30(27,28)19-7-4-12-29-19/h3-12,24H,13H2,1-2H3,(H,22,26)(H,23,25). The molecule has 0 unspecified atom stereocenters. The molecule has 0 bridgehead atoms. The molecule has 0 aliphatic heterocycles. The van der Waals surface area contributed by atoms with Gasteiger partial charge in [-0.3, -0.25) is 14.3 Å². The predicted molar refractivity (Wildman–Crippen MR) is 118 cm³/mol. The Hall–Kier alpha value is -3.17. The number of benzene rings is 2. The summed E-state index contributed by atoms with van der Waals surface area (Å²) in [6, 6.07) is 14.8. The van der Waals surface area contributed by atoms with Crippen molar-refractivity contribution in [3.8, 4) is 0 Å². The van der Waals surface area contributed by atoms with Crippen LogP contribution in [0.1, 0.15) is 21.5 Å². The summed E-state index contributed by atoms with van der Waals surface area (Å²) in [5.74, 6) is -0.764. The Morgan fingerprint density at radius 3 is 2.20 bits per heavy atom. The molecule has 0 atom stereocenters. The Kier molecular flexibility index (Phi) is 6.53. The Bertz CT molecular complexity index is 1140. The number of hydrogen-bond donors (Lipinski definition) is 3. The maximum Gasteiger partial charge on any atom is 0.271 e. The maximum atomic E-state index is 12.3. The molecule has 0 saturated carbocycles. The summed E-state index contributed by atoms with van der Waals surface area (Å²) in [6.07, 6.45) is 0. The van der Waals surface area contributed by atoms with Gasteiger partial charge in [0.1, 0.15) is 4.21 Å². The maximum absolute atomic E-state index is 12.3. The average molecular weight is 444 g/mol. The second kappa shape index (κ2) is 9.10.